The van der Waals surface area contributed by atoms with E-state index in [0.717, 1.165) is 5.69 Å². The van der Waals surface area contributed by atoms with E-state index in [-0.39, 0.29) is 20.1 Å². The van der Waals surface area contributed by atoms with Crippen LogP contribution in [0.15, 0.2) is 35.1 Å². The number of oxazole rings is 1. The van der Waals surface area contributed by atoms with Crippen molar-refractivity contribution in [3.8, 4) is 17.1 Å². The number of nitrogens with zero attached hydrogens (tertiary/aromatic N) is 5. The first-order valence-corrected chi connectivity index (χ1v) is 9.14. The Kier molecular flexibility index (Phi) is 5.77. The molecular weight excluding hydrogens is 530 g/mol. The molecule has 1 aromatic carbocycles. The molecule has 28 heavy (non-hydrogen) atoms. The van der Waals surface area contributed by atoms with Crippen molar-refractivity contribution in [3.05, 3.63) is 53.9 Å². The van der Waals surface area contributed by atoms with Gasteiger partial charge in [-0.2, -0.15) is 5.10 Å². The summed E-state index contributed by atoms with van der Waals surface area (Å²) in [5, 5.41) is 4.56. The zero-order chi connectivity index (χ0) is 19.1. The van der Waals surface area contributed by atoms with Gasteiger partial charge in [0.2, 0.25) is 0 Å². The van der Waals surface area contributed by atoms with Crippen molar-refractivity contribution in [1.29, 1.82) is 0 Å². The summed E-state index contributed by atoms with van der Waals surface area (Å²) in [5.74, 6) is 1.95. The van der Waals surface area contributed by atoms with Gasteiger partial charge in [0.05, 0.1) is 17.1 Å². The van der Waals surface area contributed by atoms with Gasteiger partial charge in [-0.15, -0.1) is 0 Å². The molecule has 0 aliphatic heterocycles. The van der Waals surface area contributed by atoms with Crippen LogP contribution in [0.5, 0.6) is 0 Å². The van der Waals surface area contributed by atoms with Crippen molar-refractivity contribution in [3.63, 3.8) is 0 Å². The maximum atomic E-state index is 5.63. The molecule has 0 spiro atoms. The Hall–Kier alpha value is -2.37. The summed E-state index contributed by atoms with van der Waals surface area (Å²) in [4.78, 5) is 13.2. The van der Waals surface area contributed by atoms with Gasteiger partial charge in [0, 0.05) is 32.5 Å². The van der Waals surface area contributed by atoms with Crippen LogP contribution in [0.2, 0.25) is 0 Å². The quantitative estimate of drug-likeness (QED) is 0.340. The van der Waals surface area contributed by atoms with Crippen LogP contribution in [0.3, 0.4) is 0 Å². The van der Waals surface area contributed by atoms with Crippen LogP contribution in [0, 0.1) is 13.1 Å². The number of hydrogen-bond acceptors (Lipinski definition) is 5. The number of para-hydroxylation sites is 1. The first-order chi connectivity index (χ1) is 13.0. The fourth-order valence-electron chi connectivity index (χ4n) is 3.41. The normalized spacial score (nSPS) is 11.4. The standard InChI is InChI=1S/C21H22N5O.Ir/c1-12(2)15-7-6-8-16(13(3)4)20(15)26-21(23-11-24-26)17-9-22-10-18-19(17)25-14(5)27-18;/h6-8,10-13H,1-5H3;/q-1;. The van der Waals surface area contributed by atoms with Gasteiger partial charge in [-0.05, 0) is 35.4 Å². The largest absolute Gasteiger partial charge is 0.460 e. The molecule has 0 unspecified atom stereocenters. The van der Waals surface area contributed by atoms with Gasteiger partial charge < -0.3 is 9.40 Å². The van der Waals surface area contributed by atoms with Crippen LogP contribution in [0.1, 0.15) is 56.5 Å². The molecule has 4 rings (SSSR count). The molecule has 1 radical (unpaired) electrons. The summed E-state index contributed by atoms with van der Waals surface area (Å²) in [6.07, 6.45) is 6.23. The summed E-state index contributed by atoms with van der Waals surface area (Å²) in [6.45, 7) is 10.6. The van der Waals surface area contributed by atoms with Gasteiger partial charge in [-0.3, -0.25) is 14.6 Å². The number of fused-ring (bicyclic) bond motifs is 1. The molecule has 0 atom stereocenters. The first kappa shape index (κ1) is 20.4. The fourth-order valence-corrected chi connectivity index (χ4v) is 3.41. The Bertz CT molecular complexity index is 1090. The molecule has 0 amide bonds. The fraction of sp³-hybridized carbons (Fsp3) is 0.333. The summed E-state index contributed by atoms with van der Waals surface area (Å²) in [5.41, 5.74) is 5.53. The van der Waals surface area contributed by atoms with E-state index >= 15 is 0 Å². The minimum Gasteiger partial charge on any atom is -0.460 e. The van der Waals surface area contributed by atoms with Gasteiger partial charge >= 0.3 is 0 Å². The van der Waals surface area contributed by atoms with Gasteiger partial charge in [-0.1, -0.05) is 51.5 Å². The maximum absolute atomic E-state index is 5.63. The predicted octanol–water partition coefficient (Wildman–Crippen LogP) is 4.82. The average molecular weight is 553 g/mol. The minimum absolute atomic E-state index is 0. The summed E-state index contributed by atoms with van der Waals surface area (Å²) < 4.78 is 7.52. The third-order valence-corrected chi connectivity index (χ3v) is 4.68. The van der Waals surface area contributed by atoms with E-state index in [9.17, 15) is 0 Å². The monoisotopic (exact) mass is 553 g/mol. The Morgan fingerprint density at radius 1 is 1.07 bits per heavy atom. The van der Waals surface area contributed by atoms with Crippen LogP contribution >= 0.6 is 0 Å². The van der Waals surface area contributed by atoms with Crippen LogP contribution in [0.25, 0.3) is 28.2 Å². The van der Waals surface area contributed by atoms with E-state index in [1.54, 1.807) is 12.5 Å². The Morgan fingerprint density at radius 3 is 2.39 bits per heavy atom. The van der Waals surface area contributed by atoms with Gasteiger partial charge in [0.25, 0.3) is 0 Å². The molecule has 0 saturated carbocycles. The molecule has 4 aromatic rings. The van der Waals surface area contributed by atoms with Gasteiger partial charge in [-0.25, -0.2) is 0 Å². The number of hydrogen-bond donors (Lipinski definition) is 0. The molecule has 3 heterocycles. The number of rotatable bonds is 4. The van der Waals surface area contributed by atoms with Crippen LogP contribution in [0.4, 0.5) is 0 Å². The van der Waals surface area contributed by atoms with Crippen molar-refractivity contribution in [2.24, 2.45) is 0 Å². The minimum atomic E-state index is 0. The second kappa shape index (κ2) is 7.94. The second-order valence-corrected chi connectivity index (χ2v) is 7.28. The van der Waals surface area contributed by atoms with Crippen molar-refractivity contribution < 1.29 is 24.5 Å². The van der Waals surface area contributed by atoms with Crippen LogP contribution in [-0.2, 0) is 20.1 Å². The van der Waals surface area contributed by atoms with Crippen molar-refractivity contribution in [2.45, 2.75) is 46.5 Å². The van der Waals surface area contributed by atoms with E-state index in [1.165, 1.54) is 11.1 Å². The maximum Gasteiger partial charge on any atom is 0.180 e. The third-order valence-electron chi connectivity index (χ3n) is 4.68. The molecule has 3 aromatic heterocycles. The third kappa shape index (κ3) is 3.40. The predicted molar refractivity (Wildman–Crippen MR) is 104 cm³/mol. The van der Waals surface area contributed by atoms with Gasteiger partial charge in [0.15, 0.2) is 5.89 Å². The van der Waals surface area contributed by atoms with E-state index in [1.807, 2.05) is 11.6 Å². The SMILES string of the molecule is Cc1nc2c(-c3ncnn3-c3c(C(C)C)cccc3C(C)C)[c-]ncc2o1.[Ir]. The molecule has 7 heteroatoms. The molecule has 0 saturated heterocycles. The van der Waals surface area contributed by atoms with E-state index < -0.39 is 0 Å². The first-order valence-electron chi connectivity index (χ1n) is 9.14. The van der Waals surface area contributed by atoms with E-state index in [4.69, 9.17) is 4.42 Å². The zero-order valence-electron chi connectivity index (χ0n) is 16.5. The molecule has 0 aliphatic rings. The van der Waals surface area contributed by atoms with Crippen molar-refractivity contribution in [1.82, 2.24) is 24.7 Å². The average Bonchev–Trinajstić information content (AvgIpc) is 3.25. The zero-order valence-corrected chi connectivity index (χ0v) is 18.9. The topological polar surface area (TPSA) is 69.6 Å². The van der Waals surface area contributed by atoms with Gasteiger partial charge in [0.1, 0.15) is 6.33 Å². The molecule has 0 aliphatic carbocycles. The number of pyridine rings is 1. The summed E-state index contributed by atoms with van der Waals surface area (Å²) in [6, 6.07) is 6.42. The molecular formula is C21H22IrN5O-. The molecule has 147 valence electrons. The van der Waals surface area contributed by atoms with Crippen molar-refractivity contribution in [2.75, 3.05) is 0 Å². The Labute approximate surface area is 177 Å². The summed E-state index contributed by atoms with van der Waals surface area (Å²) in [7, 11) is 0. The number of aromatic nitrogens is 5. The van der Waals surface area contributed by atoms with Crippen LogP contribution < -0.4 is 0 Å². The van der Waals surface area contributed by atoms with Crippen molar-refractivity contribution >= 4 is 11.1 Å². The number of benzene rings is 1. The molecule has 0 fully saturated rings. The Morgan fingerprint density at radius 2 is 1.75 bits per heavy atom. The number of aryl methyl sites for hydroxylation is 1. The molecule has 6 nitrogen and oxygen atoms in total. The molecule has 0 N–H and O–H groups in total. The van der Waals surface area contributed by atoms with E-state index in [0.29, 0.717) is 40.2 Å². The Balaban J connectivity index is 0.00000225. The van der Waals surface area contributed by atoms with Crippen LogP contribution in [-0.4, -0.2) is 24.7 Å². The molecule has 0 bridgehead atoms. The van der Waals surface area contributed by atoms with E-state index in [2.05, 4.69) is 72.1 Å². The summed E-state index contributed by atoms with van der Waals surface area (Å²) >= 11 is 0. The second-order valence-electron chi connectivity index (χ2n) is 7.28. The smallest absolute Gasteiger partial charge is 0.180 e.